The first kappa shape index (κ1) is 10.9. The van der Waals surface area contributed by atoms with E-state index in [1.54, 1.807) is 4.90 Å². The van der Waals surface area contributed by atoms with Crippen molar-refractivity contribution >= 4 is 0 Å². The summed E-state index contributed by atoms with van der Waals surface area (Å²) in [5, 5.41) is 25.5. The summed E-state index contributed by atoms with van der Waals surface area (Å²) in [6.45, 7) is 3.06. The van der Waals surface area contributed by atoms with Crippen molar-refractivity contribution in [1.29, 1.82) is 10.5 Å². The molecule has 4 heteroatoms. The Morgan fingerprint density at radius 2 is 1.83 bits per heavy atom. The van der Waals surface area contributed by atoms with Crippen molar-refractivity contribution in [3.8, 4) is 12.1 Å². The molecular formula is C8H13N3O. The highest BCUT2D eigenvalue weighted by atomic mass is 16.3. The molecule has 0 aromatic heterocycles. The van der Waals surface area contributed by atoms with Crippen molar-refractivity contribution in [2.45, 2.75) is 6.92 Å². The summed E-state index contributed by atoms with van der Waals surface area (Å²) >= 11 is 0. The summed E-state index contributed by atoms with van der Waals surface area (Å²) in [7, 11) is 0. The summed E-state index contributed by atoms with van der Waals surface area (Å²) in [4.78, 5) is 1.71. The molecule has 0 saturated heterocycles. The number of hydrogen-bond acceptors (Lipinski definition) is 4. The number of aliphatic hydroxyl groups excluding tert-OH is 1. The van der Waals surface area contributed by atoms with E-state index in [1.807, 2.05) is 19.1 Å². The summed E-state index contributed by atoms with van der Waals surface area (Å²) in [6, 6.07) is 3.95. The van der Waals surface area contributed by atoms with Gasteiger partial charge in [-0.05, 0) is 5.92 Å². The summed E-state index contributed by atoms with van der Waals surface area (Å²) < 4.78 is 0. The first-order chi connectivity index (χ1) is 5.74. The monoisotopic (exact) mass is 167 g/mol. The SMILES string of the molecule is CC(CO)CN(CC#N)CC#N. The highest BCUT2D eigenvalue weighted by Crippen LogP contribution is 1.97. The van der Waals surface area contributed by atoms with Crippen molar-refractivity contribution in [2.24, 2.45) is 5.92 Å². The van der Waals surface area contributed by atoms with Crippen LogP contribution in [0.5, 0.6) is 0 Å². The van der Waals surface area contributed by atoms with Gasteiger partial charge in [-0.25, -0.2) is 0 Å². The van der Waals surface area contributed by atoms with Crippen LogP contribution < -0.4 is 0 Å². The molecule has 66 valence electrons. The summed E-state index contributed by atoms with van der Waals surface area (Å²) in [6.07, 6.45) is 0. The molecule has 1 N–H and O–H groups in total. The minimum absolute atomic E-state index is 0.0906. The highest BCUT2D eigenvalue weighted by molar-refractivity contribution is 4.84. The van der Waals surface area contributed by atoms with Crippen molar-refractivity contribution < 1.29 is 5.11 Å². The maximum Gasteiger partial charge on any atom is 0.0874 e. The largest absolute Gasteiger partial charge is 0.396 e. The number of nitriles is 2. The molecule has 0 aliphatic carbocycles. The van der Waals surface area contributed by atoms with Crippen LogP contribution in [0.3, 0.4) is 0 Å². The quantitative estimate of drug-likeness (QED) is 0.583. The Balaban J connectivity index is 3.80. The van der Waals surface area contributed by atoms with E-state index in [-0.39, 0.29) is 25.6 Å². The van der Waals surface area contributed by atoms with Crippen LogP contribution in [0.25, 0.3) is 0 Å². The molecule has 0 bridgehead atoms. The van der Waals surface area contributed by atoms with Crippen LogP contribution in [-0.4, -0.2) is 36.2 Å². The molecule has 1 atom stereocenters. The third kappa shape index (κ3) is 4.68. The van der Waals surface area contributed by atoms with E-state index in [9.17, 15) is 0 Å². The average molecular weight is 167 g/mol. The van der Waals surface area contributed by atoms with E-state index in [0.29, 0.717) is 6.54 Å². The predicted molar refractivity (Wildman–Crippen MR) is 43.9 cm³/mol. The van der Waals surface area contributed by atoms with E-state index in [2.05, 4.69) is 0 Å². The second kappa shape index (κ2) is 6.60. The molecule has 0 aromatic carbocycles. The highest BCUT2D eigenvalue weighted by Gasteiger charge is 2.07. The van der Waals surface area contributed by atoms with Gasteiger partial charge in [0.15, 0.2) is 0 Å². The Hall–Kier alpha value is -1.10. The van der Waals surface area contributed by atoms with E-state index >= 15 is 0 Å². The molecule has 0 spiro atoms. The lowest BCUT2D eigenvalue weighted by molar-refractivity contribution is 0.191. The molecule has 0 saturated carbocycles. The molecule has 0 aliphatic heterocycles. The molecule has 0 heterocycles. The Bertz CT molecular complexity index is 175. The number of aliphatic hydroxyl groups is 1. The summed E-state index contributed by atoms with van der Waals surface area (Å²) in [5.74, 6) is 0.117. The van der Waals surface area contributed by atoms with Crippen LogP contribution in [0.2, 0.25) is 0 Å². The molecule has 1 unspecified atom stereocenters. The zero-order valence-corrected chi connectivity index (χ0v) is 7.19. The maximum absolute atomic E-state index is 8.73. The lowest BCUT2D eigenvalue weighted by Gasteiger charge is -2.18. The Kier molecular flexibility index (Phi) is 6.00. The second-order valence-corrected chi connectivity index (χ2v) is 2.77. The minimum atomic E-state index is 0.0906. The third-order valence-electron chi connectivity index (χ3n) is 1.47. The van der Waals surface area contributed by atoms with Crippen LogP contribution in [0.15, 0.2) is 0 Å². The third-order valence-corrected chi connectivity index (χ3v) is 1.47. The number of hydrogen-bond donors (Lipinski definition) is 1. The van der Waals surface area contributed by atoms with E-state index < -0.39 is 0 Å². The minimum Gasteiger partial charge on any atom is -0.396 e. The lowest BCUT2D eigenvalue weighted by Crippen LogP contribution is -2.30. The molecule has 4 nitrogen and oxygen atoms in total. The molecule has 12 heavy (non-hydrogen) atoms. The predicted octanol–water partition coefficient (Wildman–Crippen LogP) is -0.0360. The van der Waals surface area contributed by atoms with Gasteiger partial charge in [0.2, 0.25) is 0 Å². The zero-order valence-electron chi connectivity index (χ0n) is 7.19. The van der Waals surface area contributed by atoms with Crippen molar-refractivity contribution in [3.05, 3.63) is 0 Å². The van der Waals surface area contributed by atoms with Crippen LogP contribution in [0.1, 0.15) is 6.92 Å². The molecule has 0 aliphatic rings. The van der Waals surface area contributed by atoms with Crippen LogP contribution in [0.4, 0.5) is 0 Å². The van der Waals surface area contributed by atoms with Crippen molar-refractivity contribution in [2.75, 3.05) is 26.2 Å². The van der Waals surface area contributed by atoms with Gasteiger partial charge in [-0.15, -0.1) is 0 Å². The van der Waals surface area contributed by atoms with Gasteiger partial charge in [0, 0.05) is 13.2 Å². The van der Waals surface area contributed by atoms with Gasteiger partial charge in [0.25, 0.3) is 0 Å². The normalized spacial score (nSPS) is 12.1. The fraction of sp³-hybridized carbons (Fsp3) is 0.750. The Morgan fingerprint density at radius 1 is 1.33 bits per heavy atom. The molecule has 0 radical (unpaired) electrons. The standard InChI is InChI=1S/C8H13N3O/c1-8(7-12)6-11(4-2-9)5-3-10/h8,12H,4-7H2,1H3. The number of nitrogens with zero attached hydrogens (tertiary/aromatic N) is 3. The van der Waals surface area contributed by atoms with Gasteiger partial charge in [0.05, 0.1) is 25.2 Å². The number of rotatable bonds is 5. The maximum atomic E-state index is 8.73. The van der Waals surface area contributed by atoms with Gasteiger partial charge in [0.1, 0.15) is 0 Å². The topological polar surface area (TPSA) is 71.0 Å². The van der Waals surface area contributed by atoms with Crippen molar-refractivity contribution in [3.63, 3.8) is 0 Å². The van der Waals surface area contributed by atoms with Crippen LogP contribution in [-0.2, 0) is 0 Å². The van der Waals surface area contributed by atoms with Gasteiger partial charge < -0.3 is 5.11 Å². The van der Waals surface area contributed by atoms with Crippen molar-refractivity contribution in [1.82, 2.24) is 4.90 Å². The molecule has 0 amide bonds. The first-order valence-electron chi connectivity index (χ1n) is 3.81. The molecular weight excluding hydrogens is 154 g/mol. The fourth-order valence-corrected chi connectivity index (χ4v) is 0.884. The van der Waals surface area contributed by atoms with E-state index in [0.717, 1.165) is 0 Å². The van der Waals surface area contributed by atoms with Crippen LogP contribution >= 0.6 is 0 Å². The van der Waals surface area contributed by atoms with Gasteiger partial charge in [-0.2, -0.15) is 10.5 Å². The molecule has 0 fully saturated rings. The smallest absolute Gasteiger partial charge is 0.0874 e. The zero-order chi connectivity index (χ0) is 9.40. The Labute approximate surface area is 72.6 Å². The molecule has 0 rings (SSSR count). The first-order valence-corrected chi connectivity index (χ1v) is 3.81. The van der Waals surface area contributed by atoms with E-state index in [4.69, 9.17) is 15.6 Å². The summed E-state index contributed by atoms with van der Waals surface area (Å²) in [5.41, 5.74) is 0. The Morgan fingerprint density at radius 3 is 2.17 bits per heavy atom. The van der Waals surface area contributed by atoms with Gasteiger partial charge in [-0.3, -0.25) is 4.90 Å². The average Bonchev–Trinajstić information content (AvgIpc) is 2.05. The molecule has 0 aromatic rings. The lowest BCUT2D eigenvalue weighted by atomic mass is 10.2. The van der Waals surface area contributed by atoms with Crippen LogP contribution in [0, 0.1) is 28.6 Å². The van der Waals surface area contributed by atoms with Gasteiger partial charge in [-0.1, -0.05) is 6.92 Å². The van der Waals surface area contributed by atoms with E-state index in [1.165, 1.54) is 0 Å². The second-order valence-electron chi connectivity index (χ2n) is 2.77. The van der Waals surface area contributed by atoms with Gasteiger partial charge >= 0.3 is 0 Å². The fourth-order valence-electron chi connectivity index (χ4n) is 0.884.